The van der Waals surface area contributed by atoms with Gasteiger partial charge in [-0.05, 0) is 60.4 Å². The van der Waals surface area contributed by atoms with Gasteiger partial charge < -0.3 is 39.9 Å². The van der Waals surface area contributed by atoms with Gasteiger partial charge >= 0.3 is 0 Å². The Morgan fingerprint density at radius 1 is 0.986 bits per heavy atom. The van der Waals surface area contributed by atoms with Crippen molar-refractivity contribution in [3.05, 3.63) is 117 Å². The summed E-state index contributed by atoms with van der Waals surface area (Å²) in [6, 6.07) is 22.2. The van der Waals surface area contributed by atoms with E-state index >= 15 is 0 Å². The fourth-order valence-corrected chi connectivity index (χ4v) is 11.2. The molecule has 3 N–H and O–H groups in total. The van der Waals surface area contributed by atoms with Crippen LogP contribution in [0.3, 0.4) is 0 Å². The highest BCUT2D eigenvalue weighted by atomic mass is 35.5. The molecule has 3 aromatic carbocycles. The number of piperazine rings is 1. The van der Waals surface area contributed by atoms with Crippen LogP contribution in [0.25, 0.3) is 0 Å². The first-order valence-electron chi connectivity index (χ1n) is 23.8. The summed E-state index contributed by atoms with van der Waals surface area (Å²) in [6.45, 7) is 18.8. The standard InChI is InChI=1S/C53H63ClN8O7/c1-32(2)45(62-30-37-10-8-9-11-40(37)48(62)66)49(67)61-31-38(63)25-42(61)47(65)57-28-35-13-12-33(3)24-43(35)68-23-22-59-18-20-60(21-19-59)44-17-15-36(29-56-44)46(64)58-50-52(4,5)51(53(50,6)7)69-39-16-14-34(27-55)41(54)26-39/h8-17,24,26,29,32,38,42,45,50-51,63H,18-23,25,28,30-31H2,1-7H3,(H,57,65)(H,58,64)/t38-,42+,45+,50?,51?/m1/s1. The minimum Gasteiger partial charge on any atom is -0.492 e. The Morgan fingerprint density at radius 3 is 2.39 bits per heavy atom. The van der Waals surface area contributed by atoms with Gasteiger partial charge in [0.2, 0.25) is 11.8 Å². The number of fused-ring (bicyclic) bond motifs is 1. The molecule has 0 radical (unpaired) electrons. The zero-order valence-corrected chi connectivity index (χ0v) is 41.3. The van der Waals surface area contributed by atoms with Gasteiger partial charge in [0.25, 0.3) is 11.8 Å². The van der Waals surface area contributed by atoms with Gasteiger partial charge in [0.05, 0.1) is 22.3 Å². The summed E-state index contributed by atoms with van der Waals surface area (Å²) in [5.74, 6) is 0.719. The number of nitrogens with zero attached hydrogens (tertiary/aromatic N) is 6. The lowest BCUT2D eigenvalue weighted by Crippen LogP contribution is -2.74. The van der Waals surface area contributed by atoms with Crippen molar-refractivity contribution in [2.75, 3.05) is 50.8 Å². The minimum atomic E-state index is -0.883. The first kappa shape index (κ1) is 49.2. The van der Waals surface area contributed by atoms with E-state index in [4.69, 9.17) is 21.1 Å². The number of rotatable bonds is 15. The number of anilines is 1. The quantitative estimate of drug-likeness (QED) is 0.128. The van der Waals surface area contributed by atoms with Gasteiger partial charge in [0.1, 0.15) is 48.2 Å². The molecule has 3 atom stereocenters. The maximum absolute atomic E-state index is 14.2. The summed E-state index contributed by atoms with van der Waals surface area (Å²) >= 11 is 6.26. The number of halogens is 1. The molecule has 0 unspecified atom stereocenters. The molecule has 8 rings (SSSR count). The SMILES string of the molecule is Cc1ccc(CNC(=O)[C@@H]2C[C@@H](O)CN2C(=O)[C@H](C(C)C)N2Cc3ccccc3C2=O)c(OCCN2CCN(c3ccc(C(=O)NC4C(C)(C)C(Oc5ccc(C#N)c(Cl)c5)C4(C)C)cn3)CC2)c1. The van der Waals surface area contributed by atoms with Crippen molar-refractivity contribution in [2.24, 2.45) is 16.7 Å². The molecule has 2 saturated heterocycles. The number of hydrogen-bond acceptors (Lipinski definition) is 11. The number of ether oxygens (including phenoxy) is 2. The molecule has 0 bridgehead atoms. The van der Waals surface area contributed by atoms with Crippen LogP contribution in [0.5, 0.6) is 11.5 Å². The average molecular weight is 960 g/mol. The first-order valence-corrected chi connectivity index (χ1v) is 24.2. The number of nitriles is 1. The Balaban J connectivity index is 0.797. The Bertz CT molecular complexity index is 2610. The molecule has 1 saturated carbocycles. The van der Waals surface area contributed by atoms with Crippen LogP contribution >= 0.6 is 11.6 Å². The normalized spacial score (nSPS) is 22.1. The molecule has 0 spiro atoms. The van der Waals surface area contributed by atoms with E-state index in [1.54, 1.807) is 35.4 Å². The molecule has 1 aliphatic carbocycles. The van der Waals surface area contributed by atoms with Gasteiger partial charge in [-0.25, -0.2) is 4.98 Å². The largest absolute Gasteiger partial charge is 0.492 e. The lowest BCUT2D eigenvalue weighted by Gasteiger charge is -2.63. The number of aliphatic hydroxyl groups excluding tert-OH is 1. The van der Waals surface area contributed by atoms with Crippen molar-refractivity contribution in [3.8, 4) is 17.6 Å². The number of carbonyl (C=O) groups excluding carboxylic acids is 4. The number of aryl methyl sites for hydroxylation is 1. The van der Waals surface area contributed by atoms with Crippen LogP contribution in [-0.2, 0) is 22.7 Å². The average Bonchev–Trinajstić information content (AvgIpc) is 3.88. The summed E-state index contributed by atoms with van der Waals surface area (Å²) in [5.41, 5.74) is 3.34. The van der Waals surface area contributed by atoms with Crippen LogP contribution in [0.1, 0.15) is 90.9 Å². The van der Waals surface area contributed by atoms with E-state index in [0.717, 1.165) is 48.7 Å². The third kappa shape index (κ3) is 10.1. The third-order valence-electron chi connectivity index (χ3n) is 14.4. The fraction of sp³-hybridized carbons (Fsp3) is 0.472. The lowest BCUT2D eigenvalue weighted by molar-refractivity contribution is -0.164. The van der Waals surface area contributed by atoms with Crippen LogP contribution in [0.2, 0.25) is 5.02 Å². The molecule has 1 aromatic heterocycles. The number of β-amino-alcohol motifs (C(OH)–C–C–N with tert-alkyl or cyclic N) is 1. The highest BCUT2D eigenvalue weighted by molar-refractivity contribution is 6.31. The van der Waals surface area contributed by atoms with Gasteiger partial charge in [-0.3, -0.25) is 24.1 Å². The molecule has 364 valence electrons. The highest BCUT2D eigenvalue weighted by Crippen LogP contribution is 2.55. The van der Waals surface area contributed by atoms with E-state index in [-0.39, 0.29) is 61.2 Å². The number of amides is 4. The molecule has 3 aliphatic heterocycles. The fourth-order valence-electron chi connectivity index (χ4n) is 11.0. The van der Waals surface area contributed by atoms with Gasteiger partial charge in [-0.15, -0.1) is 0 Å². The highest BCUT2D eigenvalue weighted by Gasteiger charge is 2.64. The Morgan fingerprint density at radius 2 is 1.72 bits per heavy atom. The topological polar surface area (TPSA) is 181 Å². The van der Waals surface area contributed by atoms with Crippen molar-refractivity contribution in [1.29, 1.82) is 5.26 Å². The molecule has 4 aromatic rings. The van der Waals surface area contributed by atoms with Crippen molar-refractivity contribution in [2.45, 2.75) is 98.3 Å². The Kier molecular flexibility index (Phi) is 14.3. The molecule has 69 heavy (non-hydrogen) atoms. The maximum Gasteiger partial charge on any atom is 0.255 e. The Hall–Kier alpha value is -6.21. The van der Waals surface area contributed by atoms with E-state index in [9.17, 15) is 29.5 Å². The second-order valence-electron chi connectivity index (χ2n) is 20.4. The van der Waals surface area contributed by atoms with Crippen molar-refractivity contribution < 1.29 is 33.8 Å². The van der Waals surface area contributed by atoms with Crippen molar-refractivity contribution in [3.63, 3.8) is 0 Å². The second kappa shape index (κ2) is 20.0. The number of benzene rings is 3. The predicted molar refractivity (Wildman–Crippen MR) is 262 cm³/mol. The van der Waals surface area contributed by atoms with Crippen LogP contribution in [0.4, 0.5) is 5.82 Å². The van der Waals surface area contributed by atoms with Gasteiger partial charge in [0.15, 0.2) is 0 Å². The smallest absolute Gasteiger partial charge is 0.255 e. The molecular formula is C53H63ClN8O7. The monoisotopic (exact) mass is 958 g/mol. The van der Waals surface area contributed by atoms with Gasteiger partial charge in [-0.1, -0.05) is 83.5 Å². The molecule has 16 heteroatoms. The molecule has 3 fully saturated rings. The van der Waals surface area contributed by atoms with Crippen LogP contribution in [-0.4, -0.2) is 125 Å². The number of nitrogens with one attached hydrogen (secondary N) is 2. The zero-order chi connectivity index (χ0) is 49.4. The number of pyridine rings is 1. The van der Waals surface area contributed by atoms with Crippen LogP contribution in [0.15, 0.2) is 79.0 Å². The van der Waals surface area contributed by atoms with E-state index in [0.29, 0.717) is 52.9 Å². The molecular weight excluding hydrogens is 896 g/mol. The summed E-state index contributed by atoms with van der Waals surface area (Å²) in [5, 5.41) is 26.5. The number of carbonyl (C=O) groups is 4. The molecule has 4 heterocycles. The number of aromatic nitrogens is 1. The second-order valence-corrected chi connectivity index (χ2v) is 20.8. The first-order chi connectivity index (χ1) is 32.9. The summed E-state index contributed by atoms with van der Waals surface area (Å²) in [6.07, 6.45) is 0.661. The number of aliphatic hydroxyl groups is 1. The predicted octanol–water partition coefficient (Wildman–Crippen LogP) is 5.99. The molecule has 4 aliphatic rings. The zero-order valence-electron chi connectivity index (χ0n) is 40.5. The number of hydrogen-bond donors (Lipinski definition) is 3. The summed E-state index contributed by atoms with van der Waals surface area (Å²) < 4.78 is 12.7. The van der Waals surface area contributed by atoms with Crippen molar-refractivity contribution >= 4 is 41.0 Å². The van der Waals surface area contributed by atoms with Crippen LogP contribution < -0.4 is 25.0 Å². The summed E-state index contributed by atoms with van der Waals surface area (Å²) in [7, 11) is 0. The van der Waals surface area contributed by atoms with Gasteiger partial charge in [0, 0.05) is 99.0 Å². The minimum absolute atomic E-state index is 0.0149. The molecule has 15 nitrogen and oxygen atoms in total. The van der Waals surface area contributed by atoms with Crippen molar-refractivity contribution in [1.82, 2.24) is 30.3 Å². The Labute approximate surface area is 409 Å². The maximum atomic E-state index is 14.2. The van der Waals surface area contributed by atoms with E-state index in [1.807, 2.05) is 69.3 Å². The number of likely N-dealkylation sites (tertiary alicyclic amines) is 1. The van der Waals surface area contributed by atoms with Crippen LogP contribution in [0, 0.1) is 35.0 Å². The molecule has 4 amide bonds. The van der Waals surface area contributed by atoms with E-state index < -0.39 is 29.0 Å². The third-order valence-corrected chi connectivity index (χ3v) is 14.7. The summed E-state index contributed by atoms with van der Waals surface area (Å²) in [4.78, 5) is 67.2. The van der Waals surface area contributed by atoms with E-state index in [1.165, 1.54) is 4.90 Å². The lowest BCUT2D eigenvalue weighted by atomic mass is 9.49. The van der Waals surface area contributed by atoms with E-state index in [2.05, 4.69) is 59.2 Å². The van der Waals surface area contributed by atoms with Gasteiger partial charge in [-0.2, -0.15) is 5.26 Å².